The molecule has 10 rings (SSSR count). The number of aliphatic imine (C=N–C) groups is 2. The molecule has 0 spiro atoms. The predicted octanol–water partition coefficient (Wildman–Crippen LogP) is 13.1. The maximum Gasteiger partial charge on any atom is 0.235 e. The van der Waals surface area contributed by atoms with E-state index in [2.05, 4.69) is 163 Å². The molecule has 8 aromatic rings. The maximum atomic E-state index is 5.28. The van der Waals surface area contributed by atoms with Gasteiger partial charge < -0.3 is 0 Å². The van der Waals surface area contributed by atoms with E-state index in [0.29, 0.717) is 5.95 Å². The summed E-state index contributed by atoms with van der Waals surface area (Å²) in [6, 6.07) is 61.1. The highest BCUT2D eigenvalue weighted by Gasteiger charge is 2.34. The lowest BCUT2D eigenvalue weighted by Crippen LogP contribution is -2.34. The van der Waals surface area contributed by atoms with Crippen molar-refractivity contribution in [2.75, 3.05) is 9.80 Å². The third-order valence-corrected chi connectivity index (χ3v) is 10.8. The first-order valence-corrected chi connectivity index (χ1v) is 19.5. The zero-order valence-corrected chi connectivity index (χ0v) is 32.0. The SMILES string of the molecule is C=CC=NC1=C2Cc3ccccc3N=C2N(c2ccccc2)c2ccc(-c3ccc(N(c4ccccc4)c4nc(-c5ccccc5)c5ccccc5n4)c(C)c3)cc21. The van der Waals surface area contributed by atoms with Gasteiger partial charge in [-0.15, -0.1) is 0 Å². The number of fused-ring (bicyclic) bond motifs is 4. The molecule has 2 aliphatic heterocycles. The van der Waals surface area contributed by atoms with E-state index in [-0.39, 0.29) is 0 Å². The highest BCUT2D eigenvalue weighted by molar-refractivity contribution is 6.24. The summed E-state index contributed by atoms with van der Waals surface area (Å²) in [7, 11) is 0. The molecule has 0 bridgehead atoms. The third kappa shape index (κ3) is 6.17. The number of allylic oxidation sites excluding steroid dienone is 1. The number of rotatable bonds is 8. The number of aromatic nitrogens is 2. The van der Waals surface area contributed by atoms with Gasteiger partial charge in [-0.1, -0.05) is 128 Å². The molecule has 3 heterocycles. The van der Waals surface area contributed by atoms with Gasteiger partial charge in [0.2, 0.25) is 5.95 Å². The predicted molar refractivity (Wildman–Crippen MR) is 241 cm³/mol. The van der Waals surface area contributed by atoms with E-state index < -0.39 is 0 Å². The first-order chi connectivity index (χ1) is 28.6. The molecule has 58 heavy (non-hydrogen) atoms. The number of nitrogens with zero attached hydrogens (tertiary/aromatic N) is 6. The van der Waals surface area contributed by atoms with Gasteiger partial charge in [0.1, 0.15) is 5.84 Å². The summed E-state index contributed by atoms with van der Waals surface area (Å²) < 4.78 is 0. The zero-order chi connectivity index (χ0) is 39.0. The van der Waals surface area contributed by atoms with Crippen LogP contribution in [0.5, 0.6) is 0 Å². The number of para-hydroxylation sites is 4. The number of anilines is 5. The molecule has 0 N–H and O–H groups in total. The van der Waals surface area contributed by atoms with Gasteiger partial charge >= 0.3 is 0 Å². The van der Waals surface area contributed by atoms with Gasteiger partial charge in [0.25, 0.3) is 0 Å². The Balaban J connectivity index is 1.11. The van der Waals surface area contributed by atoms with Crippen molar-refractivity contribution >= 4 is 63.0 Å². The maximum absolute atomic E-state index is 5.28. The minimum absolute atomic E-state index is 0.609. The molecular formula is C52H38N6. The van der Waals surface area contributed by atoms with Crippen molar-refractivity contribution in [2.45, 2.75) is 13.3 Å². The first-order valence-electron chi connectivity index (χ1n) is 19.5. The van der Waals surface area contributed by atoms with Gasteiger partial charge in [-0.3, -0.25) is 14.8 Å². The Labute approximate surface area is 338 Å². The van der Waals surface area contributed by atoms with Crippen LogP contribution in [0.25, 0.3) is 39.0 Å². The summed E-state index contributed by atoms with van der Waals surface area (Å²) in [4.78, 5) is 25.2. The van der Waals surface area contributed by atoms with E-state index >= 15 is 0 Å². The topological polar surface area (TPSA) is 57.0 Å². The molecule has 276 valence electrons. The summed E-state index contributed by atoms with van der Waals surface area (Å²) in [5.41, 5.74) is 15.3. The summed E-state index contributed by atoms with van der Waals surface area (Å²) in [6.07, 6.45) is 4.24. The monoisotopic (exact) mass is 746 g/mol. The molecule has 0 fully saturated rings. The molecule has 0 amide bonds. The Kier molecular flexibility index (Phi) is 8.84. The molecule has 0 aliphatic carbocycles. The second-order valence-electron chi connectivity index (χ2n) is 14.4. The molecule has 1 aromatic heterocycles. The van der Waals surface area contributed by atoms with Gasteiger partial charge in [-0.2, -0.15) is 0 Å². The minimum atomic E-state index is 0.609. The Hall–Kier alpha value is -7.70. The van der Waals surface area contributed by atoms with Crippen LogP contribution >= 0.6 is 0 Å². The molecular weight excluding hydrogens is 709 g/mol. The normalized spacial score (nSPS) is 13.2. The van der Waals surface area contributed by atoms with Gasteiger partial charge in [0.15, 0.2) is 0 Å². The van der Waals surface area contributed by atoms with Crippen LogP contribution in [0.4, 0.5) is 34.4 Å². The van der Waals surface area contributed by atoms with Crippen LogP contribution in [-0.2, 0) is 6.42 Å². The van der Waals surface area contributed by atoms with E-state index in [1.54, 1.807) is 12.3 Å². The number of hydrogen-bond acceptors (Lipinski definition) is 6. The van der Waals surface area contributed by atoms with Crippen LogP contribution in [0.1, 0.15) is 16.7 Å². The second-order valence-corrected chi connectivity index (χ2v) is 14.4. The molecule has 0 saturated carbocycles. The van der Waals surface area contributed by atoms with Crippen LogP contribution in [0.2, 0.25) is 0 Å². The molecule has 0 radical (unpaired) electrons. The summed E-state index contributed by atoms with van der Waals surface area (Å²) in [5.74, 6) is 1.51. The summed E-state index contributed by atoms with van der Waals surface area (Å²) >= 11 is 0. The van der Waals surface area contributed by atoms with E-state index in [1.165, 1.54) is 5.56 Å². The van der Waals surface area contributed by atoms with Gasteiger partial charge in [-0.25, -0.2) is 15.0 Å². The Bertz CT molecular complexity index is 2950. The largest absolute Gasteiger partial charge is 0.294 e. The van der Waals surface area contributed by atoms with Crippen molar-refractivity contribution in [3.05, 3.63) is 211 Å². The smallest absolute Gasteiger partial charge is 0.235 e. The second kappa shape index (κ2) is 14.8. The highest BCUT2D eigenvalue weighted by Crippen LogP contribution is 2.47. The van der Waals surface area contributed by atoms with E-state index in [9.17, 15) is 0 Å². The van der Waals surface area contributed by atoms with Crippen LogP contribution in [-0.4, -0.2) is 22.0 Å². The van der Waals surface area contributed by atoms with Gasteiger partial charge in [0.05, 0.1) is 34.0 Å². The molecule has 0 saturated heterocycles. The van der Waals surface area contributed by atoms with Crippen LogP contribution in [0, 0.1) is 6.92 Å². The molecule has 2 aliphatic rings. The Morgan fingerprint density at radius 2 is 1.36 bits per heavy atom. The van der Waals surface area contributed by atoms with Crippen LogP contribution < -0.4 is 9.80 Å². The lowest BCUT2D eigenvalue weighted by Gasteiger charge is -2.36. The van der Waals surface area contributed by atoms with Crippen molar-refractivity contribution in [3.63, 3.8) is 0 Å². The third-order valence-electron chi connectivity index (χ3n) is 10.8. The fourth-order valence-corrected chi connectivity index (χ4v) is 8.09. The van der Waals surface area contributed by atoms with E-state index in [1.807, 2.05) is 36.4 Å². The number of benzene rings is 7. The molecule has 0 atom stereocenters. The Morgan fingerprint density at radius 3 is 2.16 bits per heavy atom. The minimum Gasteiger partial charge on any atom is -0.294 e. The average Bonchev–Trinajstić information content (AvgIpc) is 3.28. The highest BCUT2D eigenvalue weighted by atomic mass is 15.3. The van der Waals surface area contributed by atoms with Crippen LogP contribution in [0.15, 0.2) is 204 Å². The summed E-state index contributed by atoms with van der Waals surface area (Å²) in [5, 5.41) is 1.01. The average molecular weight is 747 g/mol. The number of hydrogen-bond donors (Lipinski definition) is 0. The quantitative estimate of drug-likeness (QED) is 0.145. The fraction of sp³-hybridized carbons (Fsp3) is 0.0385. The van der Waals surface area contributed by atoms with Crippen molar-refractivity contribution in [2.24, 2.45) is 9.98 Å². The van der Waals surface area contributed by atoms with E-state index in [0.717, 1.165) is 96.4 Å². The van der Waals surface area contributed by atoms with Crippen molar-refractivity contribution in [3.8, 4) is 22.4 Å². The molecule has 6 nitrogen and oxygen atoms in total. The lowest BCUT2D eigenvalue weighted by molar-refractivity contribution is 1.10. The summed E-state index contributed by atoms with van der Waals surface area (Å²) in [6.45, 7) is 6.11. The molecule has 7 aromatic carbocycles. The number of aryl methyl sites for hydroxylation is 1. The van der Waals surface area contributed by atoms with Gasteiger partial charge in [-0.05, 0) is 89.8 Å². The zero-order valence-electron chi connectivity index (χ0n) is 32.0. The first kappa shape index (κ1) is 34.8. The van der Waals surface area contributed by atoms with Crippen LogP contribution in [0.3, 0.4) is 0 Å². The fourth-order valence-electron chi connectivity index (χ4n) is 8.09. The van der Waals surface area contributed by atoms with Crippen molar-refractivity contribution in [1.29, 1.82) is 0 Å². The van der Waals surface area contributed by atoms with Crippen molar-refractivity contribution in [1.82, 2.24) is 9.97 Å². The Morgan fingerprint density at radius 1 is 0.672 bits per heavy atom. The van der Waals surface area contributed by atoms with Crippen molar-refractivity contribution < 1.29 is 0 Å². The molecule has 0 unspecified atom stereocenters. The van der Waals surface area contributed by atoms with Gasteiger partial charge in [0, 0.05) is 46.1 Å². The standard InChI is InChI=1S/C52H38N6/c1-3-31-53-50-43-33-38(28-30-48(43)57(40-20-9-5-10-21-40)51-44(50)34-39-19-13-15-25-45(39)54-51)37-27-29-47(35(2)32-37)58(41-22-11-6-12-23-41)52-55-46-26-16-14-24-42(46)49(56-52)36-17-7-4-8-18-36/h3-33H,1,34H2,2H3. The number of amidine groups is 1. The molecule has 6 heteroatoms. The van der Waals surface area contributed by atoms with E-state index in [4.69, 9.17) is 20.0 Å². The lowest BCUT2D eigenvalue weighted by atomic mass is 9.88.